The minimum Gasteiger partial charge on any atom is -0.496 e. The summed E-state index contributed by atoms with van der Waals surface area (Å²) in [5, 5.41) is 65.0. The van der Waals surface area contributed by atoms with E-state index in [2.05, 4.69) is 52.8 Å². The summed E-state index contributed by atoms with van der Waals surface area (Å²) >= 11 is 1.43. The maximum Gasteiger partial charge on any atom is 0.304 e. The minimum atomic E-state index is -2.44. The van der Waals surface area contributed by atoms with E-state index in [0.717, 1.165) is 24.2 Å². The Kier molecular flexibility index (Phi) is 37.9. The molecule has 1 fully saturated rings. The first-order valence-corrected chi connectivity index (χ1v) is 37.1. The monoisotopic (exact) mass is 1500 g/mol. The molecule has 578 valence electrons. The van der Waals surface area contributed by atoms with Crippen LogP contribution in [-0.4, -0.2) is 272 Å². The number of primary amides is 1. The highest BCUT2D eigenvalue weighted by atomic mass is 32.2. The van der Waals surface area contributed by atoms with Crippen LogP contribution >= 0.6 is 11.8 Å². The fraction of sp³-hybridized carbons (Fsp3) is 0.682. The van der Waals surface area contributed by atoms with Crippen LogP contribution < -0.4 is 64.1 Å². The summed E-state index contributed by atoms with van der Waals surface area (Å²) in [6.07, 6.45) is -0.390. The zero-order valence-electron chi connectivity index (χ0n) is 59.1. The summed E-state index contributed by atoms with van der Waals surface area (Å²) < 4.78 is 49.5. The summed E-state index contributed by atoms with van der Waals surface area (Å²) in [5.74, 6) is -12.5. The number of aromatic nitrogens is 1. The molecule has 2 aromatic rings. The van der Waals surface area contributed by atoms with Crippen LogP contribution in [0.5, 0.6) is 5.75 Å². The van der Waals surface area contributed by atoms with E-state index in [1.54, 1.807) is 32.2 Å². The molecule has 12 atom stereocenters. The predicted octanol–water partition coefficient (Wildman–Crippen LogP) is -3.73. The zero-order valence-corrected chi connectivity index (χ0v) is 60.8. The highest BCUT2D eigenvalue weighted by molar-refractivity contribution is 7.98. The average molecular weight is 1500 g/mol. The second-order valence-electron chi connectivity index (χ2n) is 25.2. The number of carboxylic acids is 1. The molecule has 5 rings (SSSR count). The number of nitrogens with two attached hydrogens (primary N) is 2. The van der Waals surface area contributed by atoms with Crippen LogP contribution in [-0.2, 0) is 99.4 Å². The number of carboxylic acid groups (broad SMARTS) is 1. The van der Waals surface area contributed by atoms with Crippen LogP contribution in [0.4, 0.5) is 0 Å². The number of carbonyl (C=O) groups is 11. The first-order valence-electron chi connectivity index (χ1n) is 34.7. The van der Waals surface area contributed by atoms with Gasteiger partial charge in [0.15, 0.2) is 0 Å². The standard InChI is InChI=1S/C66H105N13O22S2/c1-6-8-9-10-40(27-55(86)87)59(88)71-32-41(67)31-69-15-16-97-17-18-98-19-20-99-21-22-100-23-24-101-25-26-102-36-45-51(96-5)12-11-43-44-29-46-60(89)70-14-13-53(84)76-56(38(3)7-2)63(92)72-33-54(85)73-48(37-103(95)65(44)78-58(43)45)61(90)75-47(30-52(68)83)66(94)79-34-42(81)28-49(79)62(91)77-57(64(93)74-46)39(4)50(82)35-80/h11-12,31,38-40,42,46-50,56-57,69,78,80-82H,6-10,13-30,32-37,67H2,1-5H3,(H2,68,83)(H,70,89)(H,71,88)(H,72,92)(H,73,85)(H,74,93)(H,75,90)(H,76,84)(H,77,91)(H,86,87)/b41-31-/t38-,39-,40?,42+,46-,47-,48+,49-,50-,56-,57-,103?/m0/s1. The van der Waals surface area contributed by atoms with Gasteiger partial charge < -0.3 is 118 Å². The van der Waals surface area contributed by atoms with Gasteiger partial charge in [0.25, 0.3) is 0 Å². The Hall–Kier alpha value is -7.75. The van der Waals surface area contributed by atoms with Crippen molar-refractivity contribution in [2.75, 3.05) is 124 Å². The minimum absolute atomic E-state index is 0.0810. The molecular formula is C66H105N13O22S2. The van der Waals surface area contributed by atoms with E-state index in [4.69, 9.17) is 39.9 Å². The van der Waals surface area contributed by atoms with Crippen molar-refractivity contribution in [3.05, 3.63) is 35.2 Å². The highest BCUT2D eigenvalue weighted by Crippen LogP contribution is 2.36. The van der Waals surface area contributed by atoms with Gasteiger partial charge >= 0.3 is 5.97 Å². The number of amides is 10. The van der Waals surface area contributed by atoms with Crippen LogP contribution in [0.2, 0.25) is 0 Å². The largest absolute Gasteiger partial charge is 0.496 e. The number of carbonyl (C=O) groups excluding carboxylic acids is 10. The second kappa shape index (κ2) is 45.5. The summed E-state index contributed by atoms with van der Waals surface area (Å²) in [6, 6.07) is -6.79. The van der Waals surface area contributed by atoms with Gasteiger partial charge in [0.05, 0.1) is 140 Å². The number of methoxy groups -OCH3 is 1. The summed E-state index contributed by atoms with van der Waals surface area (Å²) in [5.41, 5.74) is 13.0. The number of aliphatic hydroxyl groups excluding tert-OH is 3. The highest BCUT2D eigenvalue weighted by Gasteiger charge is 2.45. The summed E-state index contributed by atoms with van der Waals surface area (Å²) in [6.45, 7) is 7.89. The normalized spacial score (nSPS) is 22.7. The molecule has 3 aliphatic rings. The number of rotatable bonds is 38. The van der Waals surface area contributed by atoms with E-state index >= 15 is 4.21 Å². The number of hydrogen-bond donors (Lipinski definition) is 16. The quantitative estimate of drug-likeness (QED) is 0.0287. The lowest BCUT2D eigenvalue weighted by atomic mass is 9.93. The Morgan fingerprint density at radius 3 is 2.10 bits per heavy atom. The van der Waals surface area contributed by atoms with Crippen molar-refractivity contribution >= 4 is 98.5 Å². The van der Waals surface area contributed by atoms with E-state index in [-0.39, 0.29) is 61.6 Å². The average Bonchev–Trinajstić information content (AvgIpc) is 1.52. The van der Waals surface area contributed by atoms with Gasteiger partial charge in [-0.1, -0.05) is 53.4 Å². The third-order valence-corrected chi connectivity index (χ3v) is 19.8. The van der Waals surface area contributed by atoms with Crippen LogP contribution in [0.1, 0.15) is 96.6 Å². The lowest BCUT2D eigenvalue weighted by molar-refractivity contribution is -0.144. The molecule has 0 aliphatic carbocycles. The number of aromatic amines is 1. The molecular weight excluding hydrogens is 1390 g/mol. The lowest BCUT2D eigenvalue weighted by Gasteiger charge is -2.32. The summed E-state index contributed by atoms with van der Waals surface area (Å²) in [4.78, 5) is 155. The molecule has 3 aliphatic heterocycles. The van der Waals surface area contributed by atoms with Crippen molar-refractivity contribution in [2.24, 2.45) is 29.2 Å². The van der Waals surface area contributed by atoms with Gasteiger partial charge in [0, 0.05) is 85.1 Å². The van der Waals surface area contributed by atoms with Crippen molar-refractivity contribution in [3.8, 4) is 5.75 Å². The fourth-order valence-corrected chi connectivity index (χ4v) is 13.7. The Balaban J connectivity index is 1.28. The second-order valence-corrected chi connectivity index (χ2v) is 27.7. The van der Waals surface area contributed by atoms with Gasteiger partial charge in [-0.3, -0.25) is 56.9 Å². The molecule has 1 saturated heterocycles. The molecule has 37 heteroatoms. The Bertz CT molecular complexity index is 3220. The molecule has 10 amide bonds. The third kappa shape index (κ3) is 28.3. The first kappa shape index (κ1) is 85.9. The topological polar surface area (TPSA) is 520 Å². The van der Waals surface area contributed by atoms with Gasteiger partial charge in [0.1, 0.15) is 47.0 Å². The lowest BCUT2D eigenvalue weighted by Crippen LogP contribution is -2.61. The number of benzene rings is 1. The number of ether oxygens (including phenoxy) is 6. The number of fused-ring (bicyclic) bond motifs is 5. The number of H-pyrrole nitrogens is 1. The molecule has 4 heterocycles. The molecule has 18 N–H and O–H groups in total. The molecule has 35 nitrogen and oxygen atoms in total. The van der Waals surface area contributed by atoms with E-state index in [9.17, 15) is 73.2 Å². The maximum atomic E-state index is 15.4. The zero-order chi connectivity index (χ0) is 75.5. The Morgan fingerprint density at radius 1 is 0.796 bits per heavy atom. The SMILES string of the molecule is CCCCCC(CC(=O)O)C(=O)NC/C(N)=C/NCCOCCOCCOCCOCCOCCSCc1c(OC)ccc2c3c([nH]c12)S(=O)C[C@H]1NC(=O)CNC(=O)[C@H]([C@@H](C)CC)NC(=O)CCNC(=O)[C@H](C3)NC(=O)[C@H]([C@@H](C)[C@@H](O)CO)NC(=O)[C@@H]2C[C@@H](O)CN2C(=O)[C@H](CC(N)=O)NC1=O. The molecule has 103 heavy (non-hydrogen) atoms. The summed E-state index contributed by atoms with van der Waals surface area (Å²) in [7, 11) is -1.01. The fourth-order valence-electron chi connectivity index (χ4n) is 11.5. The first-order chi connectivity index (χ1) is 49.3. The van der Waals surface area contributed by atoms with Crippen LogP contribution in [0, 0.1) is 17.8 Å². The molecule has 2 unspecified atom stereocenters. The van der Waals surface area contributed by atoms with Crippen molar-refractivity contribution in [1.82, 2.24) is 57.7 Å². The molecule has 2 bridgehead atoms. The van der Waals surface area contributed by atoms with E-state index in [1.807, 2.05) is 6.92 Å². The maximum absolute atomic E-state index is 15.4. The van der Waals surface area contributed by atoms with Gasteiger partial charge in [-0.2, -0.15) is 11.8 Å². The van der Waals surface area contributed by atoms with Crippen molar-refractivity contribution in [3.63, 3.8) is 0 Å². The number of thioether (sulfide) groups is 1. The van der Waals surface area contributed by atoms with E-state index in [0.29, 0.717) is 99.3 Å². The molecule has 0 radical (unpaired) electrons. The number of unbranched alkanes of at least 4 members (excludes halogenated alkanes) is 2. The third-order valence-electron chi connectivity index (χ3n) is 17.4. The van der Waals surface area contributed by atoms with E-state index < -0.39 is 187 Å². The van der Waals surface area contributed by atoms with E-state index in [1.165, 1.54) is 25.8 Å². The number of nitrogens with one attached hydrogen (secondary N) is 10. The predicted molar refractivity (Wildman–Crippen MR) is 375 cm³/mol. The van der Waals surface area contributed by atoms with Gasteiger partial charge in [0.2, 0.25) is 59.1 Å². The molecule has 1 aromatic heterocycles. The van der Waals surface area contributed by atoms with Crippen molar-refractivity contribution < 1.29 is 106 Å². The van der Waals surface area contributed by atoms with Crippen LogP contribution in [0.15, 0.2) is 29.1 Å². The van der Waals surface area contributed by atoms with Gasteiger partial charge in [-0.05, 0) is 30.0 Å². The Labute approximate surface area is 604 Å². The van der Waals surface area contributed by atoms with Crippen LogP contribution in [0.3, 0.4) is 0 Å². The van der Waals surface area contributed by atoms with Crippen molar-refractivity contribution in [1.29, 1.82) is 0 Å². The van der Waals surface area contributed by atoms with Gasteiger partial charge in [-0.15, -0.1) is 0 Å². The molecule has 1 aromatic carbocycles. The van der Waals surface area contributed by atoms with Crippen molar-refractivity contribution in [2.45, 2.75) is 151 Å². The van der Waals surface area contributed by atoms with Crippen LogP contribution in [0.25, 0.3) is 10.9 Å². The van der Waals surface area contributed by atoms with Gasteiger partial charge in [-0.25, -0.2) is 0 Å². The molecule has 0 spiro atoms. The smallest absolute Gasteiger partial charge is 0.304 e. The molecule has 0 saturated carbocycles. The number of aliphatic carboxylic acids is 1. The Morgan fingerprint density at radius 2 is 1.47 bits per heavy atom. The number of hydrogen-bond acceptors (Lipinski definition) is 24. The number of nitrogens with zero attached hydrogens (tertiary/aromatic N) is 1. The number of aliphatic hydroxyl groups is 3.